The molecule has 4 nitrogen and oxygen atoms in total. The van der Waals surface area contributed by atoms with E-state index in [-0.39, 0.29) is 11.9 Å². The maximum Gasteiger partial charge on any atom is 0.238 e. The Labute approximate surface area is 66.7 Å². The second-order valence-electron chi connectivity index (χ2n) is 2.61. The van der Waals surface area contributed by atoms with Gasteiger partial charge in [-0.15, -0.1) is 0 Å². The first kappa shape index (κ1) is 8.49. The van der Waals surface area contributed by atoms with Gasteiger partial charge in [0.1, 0.15) is 0 Å². The molecule has 1 atom stereocenters. The van der Waals surface area contributed by atoms with E-state index in [4.69, 9.17) is 0 Å². The predicted octanol–water partition coefficient (Wildman–Crippen LogP) is -1.32. The number of carbonyl (C=O) groups excluding carboxylic acids is 1. The van der Waals surface area contributed by atoms with Crippen molar-refractivity contribution in [3.8, 4) is 0 Å². The Balaban J connectivity index is 2.27. The first-order valence-electron chi connectivity index (χ1n) is 4.06. The van der Waals surface area contributed by atoms with E-state index in [1.165, 1.54) is 0 Å². The fourth-order valence-corrected chi connectivity index (χ4v) is 1.14. The minimum absolute atomic E-state index is 0.0382. The van der Waals surface area contributed by atoms with Crippen LogP contribution in [0.2, 0.25) is 0 Å². The number of hydrogen-bond acceptors (Lipinski definition) is 3. The van der Waals surface area contributed by atoms with Gasteiger partial charge in [-0.1, -0.05) is 0 Å². The number of hydrogen-bond donors (Lipinski definition) is 3. The Morgan fingerprint density at radius 3 is 3.00 bits per heavy atom. The van der Waals surface area contributed by atoms with Gasteiger partial charge in [0.05, 0.1) is 6.04 Å². The van der Waals surface area contributed by atoms with Crippen molar-refractivity contribution in [3.05, 3.63) is 0 Å². The van der Waals surface area contributed by atoms with Crippen LogP contribution in [0.5, 0.6) is 0 Å². The SMILES string of the molecule is CCNC(=O)C1CNCCN1. The largest absolute Gasteiger partial charge is 0.355 e. The van der Waals surface area contributed by atoms with Gasteiger partial charge in [0, 0.05) is 26.2 Å². The van der Waals surface area contributed by atoms with Crippen molar-refractivity contribution in [2.24, 2.45) is 0 Å². The normalized spacial score (nSPS) is 24.6. The molecule has 1 heterocycles. The van der Waals surface area contributed by atoms with Crippen LogP contribution >= 0.6 is 0 Å². The molecular weight excluding hydrogens is 142 g/mol. The summed E-state index contributed by atoms with van der Waals surface area (Å²) in [6, 6.07) is -0.0382. The van der Waals surface area contributed by atoms with E-state index in [0.717, 1.165) is 19.6 Å². The minimum atomic E-state index is -0.0382. The van der Waals surface area contributed by atoms with Gasteiger partial charge >= 0.3 is 0 Å². The lowest BCUT2D eigenvalue weighted by Crippen LogP contribution is -2.55. The van der Waals surface area contributed by atoms with E-state index in [2.05, 4.69) is 16.0 Å². The molecule has 1 rings (SSSR count). The van der Waals surface area contributed by atoms with Crippen LogP contribution in [0, 0.1) is 0 Å². The van der Waals surface area contributed by atoms with Crippen LogP contribution in [-0.2, 0) is 4.79 Å². The zero-order valence-electron chi connectivity index (χ0n) is 6.81. The van der Waals surface area contributed by atoms with E-state index in [1.807, 2.05) is 6.92 Å². The second-order valence-corrected chi connectivity index (χ2v) is 2.61. The molecule has 0 saturated carbocycles. The molecule has 0 aromatic carbocycles. The van der Waals surface area contributed by atoms with Crippen molar-refractivity contribution < 1.29 is 4.79 Å². The highest BCUT2D eigenvalue weighted by Crippen LogP contribution is 1.86. The summed E-state index contributed by atoms with van der Waals surface area (Å²) in [6.07, 6.45) is 0. The van der Waals surface area contributed by atoms with E-state index in [9.17, 15) is 4.79 Å². The summed E-state index contributed by atoms with van der Waals surface area (Å²) in [5, 5.41) is 9.05. The van der Waals surface area contributed by atoms with Gasteiger partial charge in [0.15, 0.2) is 0 Å². The Kier molecular flexibility index (Phi) is 3.32. The van der Waals surface area contributed by atoms with Gasteiger partial charge in [0.25, 0.3) is 0 Å². The number of carbonyl (C=O) groups is 1. The van der Waals surface area contributed by atoms with E-state index < -0.39 is 0 Å². The van der Waals surface area contributed by atoms with Crippen LogP contribution in [0.3, 0.4) is 0 Å². The van der Waals surface area contributed by atoms with Gasteiger partial charge in [-0.25, -0.2) is 0 Å². The summed E-state index contributed by atoms with van der Waals surface area (Å²) in [7, 11) is 0. The van der Waals surface area contributed by atoms with Gasteiger partial charge in [-0.3, -0.25) is 4.79 Å². The van der Waals surface area contributed by atoms with Gasteiger partial charge in [0.2, 0.25) is 5.91 Å². The fourth-order valence-electron chi connectivity index (χ4n) is 1.14. The molecule has 0 aromatic heterocycles. The van der Waals surface area contributed by atoms with Gasteiger partial charge in [-0.2, -0.15) is 0 Å². The zero-order valence-corrected chi connectivity index (χ0v) is 6.81. The molecule has 0 aliphatic carbocycles. The number of piperazine rings is 1. The summed E-state index contributed by atoms with van der Waals surface area (Å²) < 4.78 is 0. The first-order valence-corrected chi connectivity index (χ1v) is 4.06. The van der Waals surface area contributed by atoms with Crippen molar-refractivity contribution in [1.82, 2.24) is 16.0 Å². The standard InChI is InChI=1S/C7H15N3O/c1-2-9-7(11)6-5-8-3-4-10-6/h6,8,10H,2-5H2,1H3,(H,9,11). The average molecular weight is 157 g/mol. The van der Waals surface area contributed by atoms with Crippen LogP contribution in [0.4, 0.5) is 0 Å². The lowest BCUT2D eigenvalue weighted by Gasteiger charge is -2.23. The highest BCUT2D eigenvalue weighted by atomic mass is 16.2. The highest BCUT2D eigenvalue weighted by Gasteiger charge is 2.18. The smallest absolute Gasteiger partial charge is 0.238 e. The van der Waals surface area contributed by atoms with Gasteiger partial charge in [-0.05, 0) is 6.92 Å². The van der Waals surface area contributed by atoms with Crippen LogP contribution in [0.25, 0.3) is 0 Å². The maximum atomic E-state index is 11.2. The molecule has 1 amide bonds. The van der Waals surface area contributed by atoms with Gasteiger partial charge < -0.3 is 16.0 Å². The minimum Gasteiger partial charge on any atom is -0.355 e. The monoisotopic (exact) mass is 157 g/mol. The van der Waals surface area contributed by atoms with Crippen molar-refractivity contribution in [1.29, 1.82) is 0 Å². The average Bonchev–Trinajstić information content (AvgIpc) is 2.07. The summed E-state index contributed by atoms with van der Waals surface area (Å²) in [6.45, 7) is 5.20. The zero-order chi connectivity index (χ0) is 8.10. The highest BCUT2D eigenvalue weighted by molar-refractivity contribution is 5.82. The molecule has 0 spiro atoms. The molecule has 3 N–H and O–H groups in total. The second kappa shape index (κ2) is 4.31. The molecule has 1 saturated heterocycles. The molecule has 0 radical (unpaired) electrons. The van der Waals surface area contributed by atoms with Crippen LogP contribution in [0.15, 0.2) is 0 Å². The van der Waals surface area contributed by atoms with Crippen molar-refractivity contribution in [3.63, 3.8) is 0 Å². The van der Waals surface area contributed by atoms with E-state index in [0.29, 0.717) is 6.54 Å². The molecule has 1 fully saturated rings. The molecule has 4 heteroatoms. The van der Waals surface area contributed by atoms with Crippen LogP contribution in [-0.4, -0.2) is 38.1 Å². The Morgan fingerprint density at radius 1 is 1.64 bits per heavy atom. The van der Waals surface area contributed by atoms with E-state index in [1.54, 1.807) is 0 Å². The predicted molar refractivity (Wildman–Crippen MR) is 43.3 cm³/mol. The van der Waals surface area contributed by atoms with Crippen molar-refractivity contribution >= 4 is 5.91 Å². The van der Waals surface area contributed by atoms with Crippen molar-refractivity contribution in [2.75, 3.05) is 26.2 Å². The lowest BCUT2D eigenvalue weighted by molar-refractivity contribution is -0.123. The topological polar surface area (TPSA) is 53.2 Å². The summed E-state index contributed by atoms with van der Waals surface area (Å²) in [5.41, 5.74) is 0. The lowest BCUT2D eigenvalue weighted by atomic mass is 10.2. The summed E-state index contributed by atoms with van der Waals surface area (Å²) >= 11 is 0. The molecule has 0 aromatic rings. The number of nitrogens with one attached hydrogen (secondary N) is 3. The maximum absolute atomic E-state index is 11.2. The molecular formula is C7H15N3O. The molecule has 1 aliphatic heterocycles. The molecule has 64 valence electrons. The molecule has 1 unspecified atom stereocenters. The number of rotatable bonds is 2. The summed E-state index contributed by atoms with van der Waals surface area (Å²) in [4.78, 5) is 11.2. The number of amides is 1. The molecule has 1 aliphatic rings. The first-order chi connectivity index (χ1) is 5.34. The third-order valence-corrected chi connectivity index (χ3v) is 1.71. The fraction of sp³-hybridized carbons (Fsp3) is 0.857. The van der Waals surface area contributed by atoms with E-state index >= 15 is 0 Å². The molecule has 0 bridgehead atoms. The Bertz CT molecular complexity index is 132. The quantitative estimate of drug-likeness (QED) is 0.466. The Morgan fingerprint density at radius 2 is 2.45 bits per heavy atom. The number of likely N-dealkylation sites (N-methyl/N-ethyl adjacent to an activating group) is 1. The third-order valence-electron chi connectivity index (χ3n) is 1.71. The Hall–Kier alpha value is -0.610. The van der Waals surface area contributed by atoms with Crippen LogP contribution in [0.1, 0.15) is 6.92 Å². The third kappa shape index (κ3) is 2.48. The van der Waals surface area contributed by atoms with Crippen LogP contribution < -0.4 is 16.0 Å². The summed E-state index contributed by atoms with van der Waals surface area (Å²) in [5.74, 6) is 0.0969. The van der Waals surface area contributed by atoms with Crippen molar-refractivity contribution in [2.45, 2.75) is 13.0 Å². The molecule has 11 heavy (non-hydrogen) atoms.